The van der Waals surface area contributed by atoms with Crippen molar-refractivity contribution in [3.63, 3.8) is 0 Å². The van der Waals surface area contributed by atoms with Gasteiger partial charge in [-0.3, -0.25) is 0 Å². The van der Waals surface area contributed by atoms with Crippen molar-refractivity contribution in [2.75, 3.05) is 39.9 Å². The first-order valence-electron chi connectivity index (χ1n) is 6.65. The molecule has 0 aromatic heterocycles. The van der Waals surface area contributed by atoms with Gasteiger partial charge in [-0.1, -0.05) is 6.92 Å². The molecular formula is C13H24N2O2. The molecule has 0 bridgehead atoms. The van der Waals surface area contributed by atoms with E-state index in [9.17, 15) is 0 Å². The minimum Gasteiger partial charge on any atom is -0.501 e. The third kappa shape index (κ3) is 3.44. The lowest BCUT2D eigenvalue weighted by atomic mass is 9.96. The number of nitrogens with zero attached hydrogens (tertiary/aromatic N) is 1. The van der Waals surface area contributed by atoms with Gasteiger partial charge in [0, 0.05) is 13.1 Å². The number of morpholine rings is 1. The zero-order valence-electron chi connectivity index (χ0n) is 10.9. The minimum atomic E-state index is 0.252. The molecule has 1 N–H and O–H groups in total. The number of rotatable bonds is 4. The summed E-state index contributed by atoms with van der Waals surface area (Å²) in [5.74, 6) is 0. The van der Waals surface area contributed by atoms with Crippen molar-refractivity contribution < 1.29 is 9.47 Å². The van der Waals surface area contributed by atoms with Crippen molar-refractivity contribution in [3.05, 3.63) is 11.8 Å². The van der Waals surface area contributed by atoms with Gasteiger partial charge in [-0.15, -0.1) is 0 Å². The van der Waals surface area contributed by atoms with E-state index < -0.39 is 0 Å². The second-order valence-electron chi connectivity index (χ2n) is 4.87. The van der Waals surface area contributed by atoms with E-state index in [1.807, 2.05) is 6.26 Å². The summed E-state index contributed by atoms with van der Waals surface area (Å²) in [6.07, 6.45) is 4.44. The fourth-order valence-corrected chi connectivity index (χ4v) is 2.55. The van der Waals surface area contributed by atoms with Crippen molar-refractivity contribution in [1.29, 1.82) is 0 Å². The first kappa shape index (κ1) is 12.9. The number of likely N-dealkylation sites (N-methyl/N-ethyl adjacent to an activating group) is 2. The van der Waals surface area contributed by atoms with Crippen LogP contribution in [0.4, 0.5) is 0 Å². The number of hydrogen-bond acceptors (Lipinski definition) is 4. The van der Waals surface area contributed by atoms with Gasteiger partial charge in [-0.25, -0.2) is 0 Å². The summed E-state index contributed by atoms with van der Waals surface area (Å²) in [6.45, 7) is 6.82. The fourth-order valence-electron chi connectivity index (χ4n) is 2.55. The Hall–Kier alpha value is -0.580. The van der Waals surface area contributed by atoms with Crippen molar-refractivity contribution >= 4 is 0 Å². The Kier molecular flexibility index (Phi) is 4.83. The molecule has 2 aliphatic rings. The quantitative estimate of drug-likeness (QED) is 0.794. The molecule has 2 rings (SSSR count). The molecule has 2 aliphatic heterocycles. The van der Waals surface area contributed by atoms with E-state index >= 15 is 0 Å². The maximum Gasteiger partial charge on any atom is 0.0894 e. The smallest absolute Gasteiger partial charge is 0.0894 e. The number of nitrogens with one attached hydrogen (secondary N) is 1. The van der Waals surface area contributed by atoms with Crippen LogP contribution in [-0.2, 0) is 9.47 Å². The molecule has 2 atom stereocenters. The van der Waals surface area contributed by atoms with Crippen LogP contribution >= 0.6 is 0 Å². The first-order chi connectivity index (χ1) is 8.31. The highest BCUT2D eigenvalue weighted by molar-refractivity contribution is 5.13. The summed E-state index contributed by atoms with van der Waals surface area (Å²) >= 11 is 0. The molecule has 2 heterocycles. The highest BCUT2D eigenvalue weighted by atomic mass is 16.5. The van der Waals surface area contributed by atoms with Gasteiger partial charge in [0.2, 0.25) is 0 Å². The van der Waals surface area contributed by atoms with Crippen LogP contribution in [0.15, 0.2) is 11.8 Å². The SMILES string of the molecule is CCNC(C1=COCCC1)C1CN(C)CCO1. The van der Waals surface area contributed by atoms with E-state index in [2.05, 4.69) is 24.2 Å². The molecule has 0 aliphatic carbocycles. The standard InChI is InChI=1S/C13H24N2O2/c1-3-14-13(11-5-4-7-16-10-11)12-9-15(2)6-8-17-12/h10,12-14H,3-9H2,1-2H3. The Bertz CT molecular complexity index is 268. The van der Waals surface area contributed by atoms with E-state index in [0.717, 1.165) is 45.7 Å². The zero-order chi connectivity index (χ0) is 12.1. The Morgan fingerprint density at radius 3 is 3.06 bits per heavy atom. The second kappa shape index (κ2) is 6.38. The van der Waals surface area contributed by atoms with Gasteiger partial charge in [0.05, 0.1) is 31.6 Å². The predicted octanol–water partition coefficient (Wildman–Crippen LogP) is 0.989. The lowest BCUT2D eigenvalue weighted by molar-refractivity contribution is -0.0335. The lowest BCUT2D eigenvalue weighted by Crippen LogP contribution is -2.52. The van der Waals surface area contributed by atoms with Gasteiger partial charge in [-0.2, -0.15) is 0 Å². The Morgan fingerprint density at radius 1 is 1.53 bits per heavy atom. The van der Waals surface area contributed by atoms with Crippen LogP contribution in [0.25, 0.3) is 0 Å². The van der Waals surface area contributed by atoms with Crippen LogP contribution in [0.3, 0.4) is 0 Å². The Labute approximate surface area is 104 Å². The molecule has 17 heavy (non-hydrogen) atoms. The molecule has 0 aromatic carbocycles. The molecule has 0 spiro atoms. The largest absolute Gasteiger partial charge is 0.501 e. The highest BCUT2D eigenvalue weighted by Gasteiger charge is 2.29. The molecular weight excluding hydrogens is 216 g/mol. The van der Waals surface area contributed by atoms with Crippen LogP contribution < -0.4 is 5.32 Å². The molecule has 4 heteroatoms. The Morgan fingerprint density at radius 2 is 2.41 bits per heavy atom. The van der Waals surface area contributed by atoms with Gasteiger partial charge in [0.15, 0.2) is 0 Å². The maximum atomic E-state index is 5.92. The molecule has 1 fully saturated rings. The lowest BCUT2D eigenvalue weighted by Gasteiger charge is -2.37. The average molecular weight is 240 g/mol. The van der Waals surface area contributed by atoms with Crippen LogP contribution in [0.2, 0.25) is 0 Å². The van der Waals surface area contributed by atoms with Crippen LogP contribution in [0.5, 0.6) is 0 Å². The van der Waals surface area contributed by atoms with Gasteiger partial charge in [-0.05, 0) is 32.0 Å². The Balaban J connectivity index is 2.02. The van der Waals surface area contributed by atoms with Gasteiger partial charge >= 0.3 is 0 Å². The van der Waals surface area contributed by atoms with Crippen LogP contribution in [0, 0.1) is 0 Å². The molecule has 1 saturated heterocycles. The fraction of sp³-hybridized carbons (Fsp3) is 0.846. The van der Waals surface area contributed by atoms with Crippen molar-refractivity contribution in [3.8, 4) is 0 Å². The zero-order valence-corrected chi connectivity index (χ0v) is 10.9. The molecule has 0 amide bonds. The van der Waals surface area contributed by atoms with Crippen molar-refractivity contribution in [2.45, 2.75) is 31.9 Å². The van der Waals surface area contributed by atoms with E-state index in [0.29, 0.717) is 6.04 Å². The number of ether oxygens (including phenoxy) is 2. The van der Waals surface area contributed by atoms with Crippen LogP contribution in [0.1, 0.15) is 19.8 Å². The van der Waals surface area contributed by atoms with Crippen LogP contribution in [-0.4, -0.2) is 56.9 Å². The maximum absolute atomic E-state index is 5.92. The van der Waals surface area contributed by atoms with E-state index in [-0.39, 0.29) is 6.10 Å². The van der Waals surface area contributed by atoms with Gasteiger partial charge in [0.1, 0.15) is 0 Å². The highest BCUT2D eigenvalue weighted by Crippen LogP contribution is 2.21. The number of hydrogen-bond donors (Lipinski definition) is 1. The summed E-state index contributed by atoms with van der Waals surface area (Å²) in [6, 6.07) is 0.308. The first-order valence-corrected chi connectivity index (χ1v) is 6.65. The second-order valence-corrected chi connectivity index (χ2v) is 4.87. The van der Waals surface area contributed by atoms with Gasteiger partial charge < -0.3 is 19.7 Å². The summed E-state index contributed by atoms with van der Waals surface area (Å²) < 4.78 is 11.4. The normalized spacial score (nSPS) is 28.4. The molecule has 0 aromatic rings. The summed E-state index contributed by atoms with van der Waals surface area (Å²) in [5.41, 5.74) is 1.36. The van der Waals surface area contributed by atoms with Crippen molar-refractivity contribution in [1.82, 2.24) is 10.2 Å². The molecule has 2 unspecified atom stereocenters. The monoisotopic (exact) mass is 240 g/mol. The molecule has 98 valence electrons. The van der Waals surface area contributed by atoms with Gasteiger partial charge in [0.25, 0.3) is 0 Å². The topological polar surface area (TPSA) is 33.7 Å². The summed E-state index contributed by atoms with van der Waals surface area (Å²) in [4.78, 5) is 2.34. The average Bonchev–Trinajstić information content (AvgIpc) is 2.37. The summed E-state index contributed by atoms with van der Waals surface area (Å²) in [7, 11) is 2.16. The molecule has 0 radical (unpaired) electrons. The molecule has 0 saturated carbocycles. The third-order valence-electron chi connectivity index (χ3n) is 3.45. The van der Waals surface area contributed by atoms with E-state index in [1.165, 1.54) is 5.57 Å². The molecule has 4 nitrogen and oxygen atoms in total. The third-order valence-corrected chi connectivity index (χ3v) is 3.45. The summed E-state index contributed by atoms with van der Waals surface area (Å²) in [5, 5.41) is 3.54. The van der Waals surface area contributed by atoms with E-state index in [1.54, 1.807) is 0 Å². The van der Waals surface area contributed by atoms with E-state index in [4.69, 9.17) is 9.47 Å². The minimum absolute atomic E-state index is 0.252. The van der Waals surface area contributed by atoms with Crippen molar-refractivity contribution in [2.24, 2.45) is 0 Å². The predicted molar refractivity (Wildman–Crippen MR) is 68.0 cm³/mol.